The van der Waals surface area contributed by atoms with Gasteiger partial charge in [0.1, 0.15) is 0 Å². The fourth-order valence-corrected chi connectivity index (χ4v) is 2.54. The second-order valence-electron chi connectivity index (χ2n) is 5.69. The van der Waals surface area contributed by atoms with E-state index in [4.69, 9.17) is 10.5 Å². The number of ether oxygens (including phenoxy) is 1. The highest BCUT2D eigenvalue weighted by Crippen LogP contribution is 2.11. The Bertz CT molecular complexity index is 610. The number of hydrogen-bond acceptors (Lipinski definition) is 5. The number of nitrogen functional groups attached to an aromatic ring is 1. The van der Waals surface area contributed by atoms with Crippen molar-refractivity contribution in [1.29, 1.82) is 0 Å². The van der Waals surface area contributed by atoms with Gasteiger partial charge in [-0.3, -0.25) is 9.59 Å². The number of carbonyl (C=O) groups excluding carboxylic acids is 3. The Morgan fingerprint density at radius 2 is 1.68 bits per heavy atom. The van der Waals surface area contributed by atoms with Crippen LogP contribution < -0.4 is 11.1 Å². The first kappa shape index (κ1) is 18.6. The lowest BCUT2D eigenvalue weighted by Crippen LogP contribution is -2.53. The van der Waals surface area contributed by atoms with Crippen LogP contribution in [0.15, 0.2) is 24.3 Å². The van der Waals surface area contributed by atoms with E-state index in [0.29, 0.717) is 44.0 Å². The molecular formula is C17H24N4O4. The standard InChI is InChI=1S/C17H24N4O4/c1-2-25-15(22)7-8-19-17(24)21-11-9-20(10-12-21)16(23)13-3-5-14(18)6-4-13/h3-6H,2,7-12,18H2,1H3,(H,19,24). The molecule has 0 atom stereocenters. The van der Waals surface area contributed by atoms with Crippen LogP contribution in [0.25, 0.3) is 0 Å². The van der Waals surface area contributed by atoms with Gasteiger partial charge in [-0.1, -0.05) is 0 Å². The summed E-state index contributed by atoms with van der Waals surface area (Å²) >= 11 is 0. The lowest BCUT2D eigenvalue weighted by Gasteiger charge is -2.34. The molecule has 1 saturated heterocycles. The van der Waals surface area contributed by atoms with Gasteiger partial charge in [-0.15, -0.1) is 0 Å². The number of amides is 3. The van der Waals surface area contributed by atoms with Gasteiger partial charge in [0.05, 0.1) is 13.0 Å². The number of esters is 1. The highest BCUT2D eigenvalue weighted by atomic mass is 16.5. The molecule has 2 rings (SSSR count). The first-order valence-electron chi connectivity index (χ1n) is 8.34. The number of nitrogens with zero attached hydrogens (tertiary/aromatic N) is 2. The molecule has 0 saturated carbocycles. The minimum atomic E-state index is -0.332. The van der Waals surface area contributed by atoms with E-state index < -0.39 is 0 Å². The Hall–Kier alpha value is -2.77. The molecule has 0 bridgehead atoms. The number of carbonyl (C=O) groups is 3. The molecule has 1 aliphatic rings. The molecule has 25 heavy (non-hydrogen) atoms. The Morgan fingerprint density at radius 3 is 2.28 bits per heavy atom. The van der Waals surface area contributed by atoms with Gasteiger partial charge in [0.25, 0.3) is 5.91 Å². The van der Waals surface area contributed by atoms with Crippen LogP contribution in [0.2, 0.25) is 0 Å². The van der Waals surface area contributed by atoms with E-state index in [1.54, 1.807) is 41.0 Å². The summed E-state index contributed by atoms with van der Waals surface area (Å²) in [5, 5.41) is 2.69. The van der Waals surface area contributed by atoms with E-state index in [0.717, 1.165) is 0 Å². The fraction of sp³-hybridized carbons (Fsp3) is 0.471. The van der Waals surface area contributed by atoms with Crippen molar-refractivity contribution in [3.05, 3.63) is 29.8 Å². The van der Waals surface area contributed by atoms with E-state index in [-0.39, 0.29) is 30.9 Å². The van der Waals surface area contributed by atoms with Crippen LogP contribution in [0, 0.1) is 0 Å². The molecule has 8 heteroatoms. The number of rotatable bonds is 5. The Balaban J connectivity index is 1.75. The molecule has 3 amide bonds. The predicted octanol–water partition coefficient (Wildman–Crippen LogP) is 0.689. The van der Waals surface area contributed by atoms with E-state index >= 15 is 0 Å². The molecule has 8 nitrogen and oxygen atoms in total. The predicted molar refractivity (Wildman–Crippen MR) is 93.0 cm³/mol. The zero-order chi connectivity index (χ0) is 18.2. The first-order chi connectivity index (χ1) is 12.0. The van der Waals surface area contributed by atoms with Crippen LogP contribution in [-0.2, 0) is 9.53 Å². The van der Waals surface area contributed by atoms with Gasteiger partial charge in [-0.2, -0.15) is 0 Å². The number of urea groups is 1. The Labute approximate surface area is 146 Å². The molecular weight excluding hydrogens is 324 g/mol. The number of nitrogens with two attached hydrogens (primary N) is 1. The van der Waals surface area contributed by atoms with Crippen LogP contribution in [0.3, 0.4) is 0 Å². The second kappa shape index (κ2) is 8.91. The number of hydrogen-bond donors (Lipinski definition) is 2. The van der Waals surface area contributed by atoms with Gasteiger partial charge in [0.15, 0.2) is 0 Å². The van der Waals surface area contributed by atoms with Crippen molar-refractivity contribution in [1.82, 2.24) is 15.1 Å². The highest BCUT2D eigenvalue weighted by molar-refractivity contribution is 5.94. The summed E-state index contributed by atoms with van der Waals surface area (Å²) < 4.78 is 4.80. The lowest BCUT2D eigenvalue weighted by molar-refractivity contribution is -0.142. The van der Waals surface area contributed by atoms with Crippen molar-refractivity contribution in [2.75, 3.05) is 45.1 Å². The van der Waals surface area contributed by atoms with Crippen LogP contribution in [0.5, 0.6) is 0 Å². The largest absolute Gasteiger partial charge is 0.466 e. The molecule has 1 heterocycles. The smallest absolute Gasteiger partial charge is 0.317 e. The van der Waals surface area contributed by atoms with Crippen LogP contribution in [0.1, 0.15) is 23.7 Å². The third-order valence-corrected chi connectivity index (χ3v) is 3.92. The van der Waals surface area contributed by atoms with Crippen molar-refractivity contribution < 1.29 is 19.1 Å². The maximum absolute atomic E-state index is 12.4. The van der Waals surface area contributed by atoms with Crippen LogP contribution >= 0.6 is 0 Å². The van der Waals surface area contributed by atoms with Crippen LogP contribution in [-0.4, -0.2) is 67.0 Å². The number of nitrogens with one attached hydrogen (secondary N) is 1. The molecule has 0 aromatic heterocycles. The molecule has 3 N–H and O–H groups in total. The maximum atomic E-state index is 12.4. The lowest BCUT2D eigenvalue weighted by atomic mass is 10.1. The minimum absolute atomic E-state index is 0.0673. The monoisotopic (exact) mass is 348 g/mol. The molecule has 1 aromatic carbocycles. The zero-order valence-electron chi connectivity index (χ0n) is 14.4. The molecule has 1 aliphatic heterocycles. The van der Waals surface area contributed by atoms with Gasteiger partial charge < -0.3 is 25.6 Å². The van der Waals surface area contributed by atoms with Crippen molar-refractivity contribution in [3.63, 3.8) is 0 Å². The molecule has 0 aliphatic carbocycles. The van der Waals surface area contributed by atoms with Gasteiger partial charge in [-0.05, 0) is 31.2 Å². The number of benzene rings is 1. The topological polar surface area (TPSA) is 105 Å². The summed E-state index contributed by atoms with van der Waals surface area (Å²) in [5.74, 6) is -0.399. The fourth-order valence-electron chi connectivity index (χ4n) is 2.54. The van der Waals surface area contributed by atoms with E-state index in [1.165, 1.54) is 0 Å². The molecule has 136 valence electrons. The summed E-state index contributed by atoms with van der Waals surface area (Å²) in [4.78, 5) is 39.1. The van der Waals surface area contributed by atoms with Crippen molar-refractivity contribution in [3.8, 4) is 0 Å². The summed E-state index contributed by atoms with van der Waals surface area (Å²) in [6, 6.07) is 6.56. The van der Waals surface area contributed by atoms with Crippen molar-refractivity contribution in [2.45, 2.75) is 13.3 Å². The highest BCUT2D eigenvalue weighted by Gasteiger charge is 2.24. The number of piperazine rings is 1. The van der Waals surface area contributed by atoms with Gasteiger partial charge in [-0.25, -0.2) is 4.79 Å². The van der Waals surface area contributed by atoms with E-state index in [2.05, 4.69) is 5.32 Å². The Kier molecular flexibility index (Phi) is 6.62. The zero-order valence-corrected chi connectivity index (χ0v) is 14.4. The summed E-state index contributed by atoms with van der Waals surface area (Å²) in [6.45, 7) is 4.14. The van der Waals surface area contributed by atoms with Gasteiger partial charge in [0, 0.05) is 44.0 Å². The minimum Gasteiger partial charge on any atom is -0.466 e. The average molecular weight is 348 g/mol. The summed E-state index contributed by atoms with van der Waals surface area (Å²) in [7, 11) is 0. The second-order valence-corrected chi connectivity index (χ2v) is 5.69. The van der Waals surface area contributed by atoms with Gasteiger partial charge in [0.2, 0.25) is 0 Å². The maximum Gasteiger partial charge on any atom is 0.317 e. The molecule has 1 aromatic rings. The average Bonchev–Trinajstić information content (AvgIpc) is 2.62. The van der Waals surface area contributed by atoms with Crippen LogP contribution in [0.4, 0.5) is 10.5 Å². The normalized spacial score (nSPS) is 14.1. The first-order valence-corrected chi connectivity index (χ1v) is 8.34. The number of anilines is 1. The third kappa shape index (κ3) is 5.37. The van der Waals surface area contributed by atoms with Gasteiger partial charge >= 0.3 is 12.0 Å². The summed E-state index contributed by atoms with van der Waals surface area (Å²) in [5.41, 5.74) is 6.82. The Morgan fingerprint density at radius 1 is 1.08 bits per heavy atom. The molecule has 1 fully saturated rings. The quantitative estimate of drug-likeness (QED) is 0.602. The molecule has 0 radical (unpaired) electrons. The SMILES string of the molecule is CCOC(=O)CCNC(=O)N1CCN(C(=O)c2ccc(N)cc2)CC1. The molecule has 0 unspecified atom stereocenters. The van der Waals surface area contributed by atoms with Crippen molar-refractivity contribution >= 4 is 23.6 Å². The van der Waals surface area contributed by atoms with E-state index in [9.17, 15) is 14.4 Å². The van der Waals surface area contributed by atoms with E-state index in [1.807, 2.05) is 0 Å². The molecule has 0 spiro atoms. The van der Waals surface area contributed by atoms with Crippen molar-refractivity contribution in [2.24, 2.45) is 0 Å². The summed E-state index contributed by atoms with van der Waals surface area (Å²) in [6.07, 6.45) is 0.148. The third-order valence-electron chi connectivity index (χ3n) is 3.92.